The molecule has 4 nitrogen and oxygen atoms in total. The number of hydrogen-bond donors (Lipinski definition) is 3. The van der Waals surface area contributed by atoms with Crippen molar-refractivity contribution in [2.45, 2.75) is 6.10 Å². The highest BCUT2D eigenvalue weighted by Crippen LogP contribution is 2.14. The number of benzene rings is 1. The molecule has 0 aromatic heterocycles. The van der Waals surface area contributed by atoms with Crippen molar-refractivity contribution in [1.29, 1.82) is 0 Å². The number of halogens is 2. The molecule has 0 saturated carbocycles. The van der Waals surface area contributed by atoms with Gasteiger partial charge in [-0.3, -0.25) is 4.79 Å². The van der Waals surface area contributed by atoms with Crippen molar-refractivity contribution >= 4 is 28.5 Å². The van der Waals surface area contributed by atoms with Crippen molar-refractivity contribution in [1.82, 2.24) is 10.6 Å². The molecule has 1 aromatic rings. The predicted molar refractivity (Wildman–Crippen MR) is 73.8 cm³/mol. The summed E-state index contributed by atoms with van der Waals surface area (Å²) in [6.45, 7) is 1.62. The Balaban J connectivity index is 1.97. The Labute approximate surface area is 118 Å². The van der Waals surface area contributed by atoms with Gasteiger partial charge in [0.1, 0.15) is 5.82 Å². The van der Waals surface area contributed by atoms with Crippen LogP contribution >= 0.6 is 22.6 Å². The van der Waals surface area contributed by atoms with Crippen LogP contribution in [0.1, 0.15) is 10.4 Å². The number of aliphatic hydroxyl groups excluding tert-OH is 1. The Bertz CT molecular complexity index is 456. The van der Waals surface area contributed by atoms with Gasteiger partial charge in [-0.1, -0.05) is 0 Å². The van der Waals surface area contributed by atoms with Gasteiger partial charge < -0.3 is 15.7 Å². The van der Waals surface area contributed by atoms with Crippen molar-refractivity contribution in [3.8, 4) is 0 Å². The van der Waals surface area contributed by atoms with Crippen LogP contribution in [-0.4, -0.2) is 36.8 Å². The Hall–Kier alpha value is -0.730. The molecule has 1 aliphatic rings. The van der Waals surface area contributed by atoms with Crippen LogP contribution in [0.25, 0.3) is 0 Å². The first-order chi connectivity index (χ1) is 8.58. The van der Waals surface area contributed by atoms with Crippen molar-refractivity contribution in [2.24, 2.45) is 5.92 Å². The lowest BCUT2D eigenvalue weighted by Crippen LogP contribution is -2.34. The van der Waals surface area contributed by atoms with E-state index < -0.39 is 11.9 Å². The second-order valence-corrected chi connectivity index (χ2v) is 5.48. The first-order valence-corrected chi connectivity index (χ1v) is 6.78. The maximum atomic E-state index is 13.1. The summed E-state index contributed by atoms with van der Waals surface area (Å²) in [5.74, 6) is -0.721. The summed E-state index contributed by atoms with van der Waals surface area (Å²) in [7, 11) is 0. The quantitative estimate of drug-likeness (QED) is 0.694. The first-order valence-electron chi connectivity index (χ1n) is 5.70. The molecule has 0 radical (unpaired) electrons. The fourth-order valence-electron chi connectivity index (χ4n) is 1.92. The van der Waals surface area contributed by atoms with Gasteiger partial charge in [-0.05, 0) is 40.8 Å². The molecule has 2 atom stereocenters. The average Bonchev–Trinajstić information content (AvgIpc) is 2.75. The average molecular weight is 364 g/mol. The predicted octanol–water partition coefficient (Wildman–Crippen LogP) is 0.740. The summed E-state index contributed by atoms with van der Waals surface area (Å²) < 4.78 is 13.8. The fourth-order valence-corrected chi connectivity index (χ4v) is 2.50. The van der Waals surface area contributed by atoms with Crippen LogP contribution in [-0.2, 0) is 0 Å². The minimum atomic E-state index is -0.433. The van der Waals surface area contributed by atoms with Crippen molar-refractivity contribution in [3.63, 3.8) is 0 Å². The number of carbonyl (C=O) groups is 1. The maximum Gasteiger partial charge on any atom is 0.252 e. The Kier molecular flexibility index (Phi) is 4.52. The molecule has 0 bridgehead atoms. The van der Waals surface area contributed by atoms with E-state index in [-0.39, 0.29) is 11.8 Å². The van der Waals surface area contributed by atoms with Gasteiger partial charge in [0.05, 0.1) is 11.7 Å². The zero-order valence-electron chi connectivity index (χ0n) is 9.62. The highest BCUT2D eigenvalue weighted by Gasteiger charge is 2.25. The number of rotatable bonds is 3. The highest BCUT2D eigenvalue weighted by atomic mass is 127. The Morgan fingerprint density at radius 2 is 2.33 bits per heavy atom. The van der Waals surface area contributed by atoms with E-state index in [9.17, 15) is 14.3 Å². The van der Waals surface area contributed by atoms with Crippen molar-refractivity contribution in [3.05, 3.63) is 33.1 Å². The second kappa shape index (κ2) is 5.94. The van der Waals surface area contributed by atoms with E-state index in [4.69, 9.17) is 0 Å². The molecule has 98 valence electrons. The van der Waals surface area contributed by atoms with Gasteiger partial charge in [0, 0.05) is 29.1 Å². The molecule has 6 heteroatoms. The van der Waals surface area contributed by atoms with Gasteiger partial charge in [-0.25, -0.2) is 4.39 Å². The lowest BCUT2D eigenvalue weighted by Gasteiger charge is -2.14. The normalized spacial score (nSPS) is 23.1. The molecule has 1 heterocycles. The minimum absolute atomic E-state index is 0.0140. The largest absolute Gasteiger partial charge is 0.391 e. The maximum absolute atomic E-state index is 13.1. The third-order valence-corrected chi connectivity index (χ3v) is 3.94. The Morgan fingerprint density at radius 1 is 1.56 bits per heavy atom. The summed E-state index contributed by atoms with van der Waals surface area (Å²) in [6.07, 6.45) is -0.433. The smallest absolute Gasteiger partial charge is 0.252 e. The monoisotopic (exact) mass is 364 g/mol. The van der Waals surface area contributed by atoms with Gasteiger partial charge in [-0.2, -0.15) is 0 Å². The fraction of sp³-hybridized carbons (Fsp3) is 0.417. The molecule has 1 amide bonds. The van der Waals surface area contributed by atoms with Crippen LogP contribution in [0.5, 0.6) is 0 Å². The summed E-state index contributed by atoms with van der Waals surface area (Å²) >= 11 is 2.00. The van der Waals surface area contributed by atoms with E-state index in [1.165, 1.54) is 12.1 Å². The van der Waals surface area contributed by atoms with Gasteiger partial charge in [0.2, 0.25) is 0 Å². The molecule has 1 saturated heterocycles. The van der Waals surface area contributed by atoms with E-state index in [1.54, 1.807) is 6.07 Å². The molecule has 1 aromatic carbocycles. The number of carbonyl (C=O) groups excluding carboxylic acids is 1. The van der Waals surface area contributed by atoms with Gasteiger partial charge in [0.15, 0.2) is 0 Å². The standard InChI is InChI=1S/C12H14FIN2O2/c13-8-1-2-10(14)9(3-8)12(18)16-5-7-4-15-6-11(7)17/h1-3,7,11,15,17H,4-6H2,(H,16,18). The number of nitrogens with one attached hydrogen (secondary N) is 2. The zero-order valence-corrected chi connectivity index (χ0v) is 11.8. The third-order valence-electron chi connectivity index (χ3n) is 3.00. The molecule has 18 heavy (non-hydrogen) atoms. The van der Waals surface area contributed by atoms with Crippen LogP contribution in [0.3, 0.4) is 0 Å². The summed E-state index contributed by atoms with van der Waals surface area (Å²) in [5, 5.41) is 15.4. The first kappa shape index (κ1) is 13.7. The molecule has 1 fully saturated rings. The molecule has 2 rings (SSSR count). The van der Waals surface area contributed by atoms with E-state index in [1.807, 2.05) is 22.6 Å². The molecule has 0 aliphatic carbocycles. The van der Waals surface area contributed by atoms with Crippen LogP contribution in [0, 0.1) is 15.3 Å². The SMILES string of the molecule is O=C(NCC1CNCC1O)c1cc(F)ccc1I. The van der Waals surface area contributed by atoms with Gasteiger partial charge >= 0.3 is 0 Å². The minimum Gasteiger partial charge on any atom is -0.391 e. The molecule has 3 N–H and O–H groups in total. The Morgan fingerprint density at radius 3 is 3.00 bits per heavy atom. The lowest BCUT2D eigenvalue weighted by atomic mass is 10.1. The van der Waals surface area contributed by atoms with Crippen LogP contribution in [0.4, 0.5) is 4.39 Å². The van der Waals surface area contributed by atoms with Crippen molar-refractivity contribution < 1.29 is 14.3 Å². The van der Waals surface area contributed by atoms with Crippen LogP contribution < -0.4 is 10.6 Å². The summed E-state index contributed by atoms with van der Waals surface area (Å²) in [6, 6.07) is 4.11. The second-order valence-electron chi connectivity index (χ2n) is 4.32. The molecular formula is C12H14FIN2O2. The topological polar surface area (TPSA) is 61.4 Å². The number of β-amino-alcohol motifs (C(OH)–C–C–N with tert-alkyl or cyclic N) is 1. The molecule has 0 spiro atoms. The van der Waals surface area contributed by atoms with E-state index in [2.05, 4.69) is 10.6 Å². The third kappa shape index (κ3) is 3.18. The molecule has 2 unspecified atom stereocenters. The van der Waals surface area contributed by atoms with Crippen molar-refractivity contribution in [2.75, 3.05) is 19.6 Å². The molecular weight excluding hydrogens is 350 g/mol. The van der Waals surface area contributed by atoms with Gasteiger partial charge in [0.25, 0.3) is 5.91 Å². The summed E-state index contributed by atoms with van der Waals surface area (Å²) in [5.41, 5.74) is 0.330. The lowest BCUT2D eigenvalue weighted by molar-refractivity contribution is 0.0925. The van der Waals surface area contributed by atoms with Crippen LogP contribution in [0.2, 0.25) is 0 Å². The van der Waals surface area contributed by atoms with Crippen LogP contribution in [0.15, 0.2) is 18.2 Å². The number of aliphatic hydroxyl groups is 1. The zero-order chi connectivity index (χ0) is 13.1. The van der Waals surface area contributed by atoms with E-state index in [0.717, 1.165) is 0 Å². The molecule has 1 aliphatic heterocycles. The number of hydrogen-bond acceptors (Lipinski definition) is 3. The van der Waals surface area contributed by atoms with Gasteiger partial charge in [-0.15, -0.1) is 0 Å². The van der Waals surface area contributed by atoms with E-state index in [0.29, 0.717) is 28.8 Å². The summed E-state index contributed by atoms with van der Waals surface area (Å²) in [4.78, 5) is 11.9. The number of amides is 1. The highest BCUT2D eigenvalue weighted by molar-refractivity contribution is 14.1. The van der Waals surface area contributed by atoms with E-state index >= 15 is 0 Å².